The van der Waals surface area contributed by atoms with Crippen LogP contribution in [-0.4, -0.2) is 17.4 Å². The third kappa shape index (κ3) is 2.62. The third-order valence-corrected chi connectivity index (χ3v) is 5.47. The van der Waals surface area contributed by atoms with Crippen molar-refractivity contribution in [3.05, 3.63) is 53.1 Å². The van der Waals surface area contributed by atoms with E-state index in [1.165, 1.54) is 11.1 Å². The number of rotatable bonds is 3. The lowest BCUT2D eigenvalue weighted by Crippen LogP contribution is -2.65. The monoisotopic (exact) mass is 368 g/mol. The van der Waals surface area contributed by atoms with E-state index in [4.69, 9.17) is 21.7 Å². The number of ether oxygens (including phenoxy) is 2. The maximum Gasteiger partial charge on any atom is 0.188 e. The van der Waals surface area contributed by atoms with E-state index in [1.54, 1.807) is 0 Å². The molecule has 0 amide bonds. The average Bonchev–Trinajstić information content (AvgIpc) is 2.58. The van der Waals surface area contributed by atoms with Gasteiger partial charge < -0.3 is 14.8 Å². The fourth-order valence-corrected chi connectivity index (χ4v) is 4.39. The summed E-state index contributed by atoms with van der Waals surface area (Å²) >= 11 is 5.75. The van der Waals surface area contributed by atoms with Gasteiger partial charge in [-0.2, -0.15) is 0 Å². The van der Waals surface area contributed by atoms with Gasteiger partial charge in [-0.15, -0.1) is 0 Å². The van der Waals surface area contributed by atoms with Gasteiger partial charge in [0.05, 0.1) is 18.3 Å². The van der Waals surface area contributed by atoms with Gasteiger partial charge in [0.1, 0.15) is 0 Å². The SMILES string of the molecule is CCOc1cccc2c1O[C@@]1(C)C[C@H]2NC(=S)N1c1cc(C)ccc1C. The summed E-state index contributed by atoms with van der Waals surface area (Å²) in [7, 11) is 0. The summed E-state index contributed by atoms with van der Waals surface area (Å²) in [6.45, 7) is 8.91. The fourth-order valence-electron chi connectivity index (χ4n) is 3.95. The number of fused-ring (bicyclic) bond motifs is 4. The number of aryl methyl sites for hydroxylation is 2. The molecule has 2 aromatic rings. The van der Waals surface area contributed by atoms with E-state index >= 15 is 0 Å². The molecule has 2 heterocycles. The molecule has 0 saturated carbocycles. The Hall–Kier alpha value is -2.27. The van der Waals surface area contributed by atoms with Gasteiger partial charge in [0.2, 0.25) is 0 Å². The largest absolute Gasteiger partial charge is 0.490 e. The summed E-state index contributed by atoms with van der Waals surface area (Å²) < 4.78 is 12.4. The van der Waals surface area contributed by atoms with Crippen molar-refractivity contribution in [2.24, 2.45) is 0 Å². The highest BCUT2D eigenvalue weighted by Gasteiger charge is 2.49. The number of nitrogens with one attached hydrogen (secondary N) is 1. The van der Waals surface area contributed by atoms with Gasteiger partial charge in [-0.1, -0.05) is 24.3 Å². The lowest BCUT2D eigenvalue weighted by molar-refractivity contribution is 0.0456. The van der Waals surface area contributed by atoms with Crippen molar-refractivity contribution in [2.45, 2.75) is 45.9 Å². The number of para-hydroxylation sites is 1. The van der Waals surface area contributed by atoms with Crippen LogP contribution in [0.15, 0.2) is 36.4 Å². The lowest BCUT2D eigenvalue weighted by atomic mass is 9.89. The van der Waals surface area contributed by atoms with Crippen LogP contribution < -0.4 is 19.7 Å². The Morgan fingerprint density at radius 3 is 2.88 bits per heavy atom. The minimum Gasteiger partial charge on any atom is -0.490 e. The molecule has 0 spiro atoms. The van der Waals surface area contributed by atoms with Crippen LogP contribution in [0.2, 0.25) is 0 Å². The lowest BCUT2D eigenvalue weighted by Gasteiger charge is -2.52. The van der Waals surface area contributed by atoms with E-state index in [0.717, 1.165) is 29.2 Å². The molecule has 26 heavy (non-hydrogen) atoms. The number of thiocarbonyl (C=S) groups is 1. The fraction of sp³-hybridized carbons (Fsp3) is 0.381. The molecule has 1 fully saturated rings. The van der Waals surface area contributed by atoms with E-state index in [1.807, 2.05) is 19.1 Å². The summed E-state index contributed by atoms with van der Waals surface area (Å²) in [6.07, 6.45) is 0.809. The topological polar surface area (TPSA) is 33.7 Å². The summed E-state index contributed by atoms with van der Waals surface area (Å²) in [4.78, 5) is 2.12. The predicted molar refractivity (Wildman–Crippen MR) is 108 cm³/mol. The Morgan fingerprint density at radius 1 is 1.31 bits per heavy atom. The molecule has 0 aromatic heterocycles. The maximum absolute atomic E-state index is 6.58. The van der Waals surface area contributed by atoms with Gasteiger partial charge in [0.15, 0.2) is 22.3 Å². The molecule has 5 heteroatoms. The van der Waals surface area contributed by atoms with Crippen molar-refractivity contribution in [1.29, 1.82) is 0 Å². The van der Waals surface area contributed by atoms with E-state index in [2.05, 4.69) is 55.3 Å². The van der Waals surface area contributed by atoms with Crippen LogP contribution in [0.3, 0.4) is 0 Å². The van der Waals surface area contributed by atoms with Gasteiger partial charge in [-0.3, -0.25) is 4.90 Å². The highest BCUT2D eigenvalue weighted by Crippen LogP contribution is 2.49. The highest BCUT2D eigenvalue weighted by molar-refractivity contribution is 7.80. The van der Waals surface area contributed by atoms with Gasteiger partial charge in [-0.05, 0) is 63.2 Å². The Kier molecular flexibility index (Phi) is 4.07. The van der Waals surface area contributed by atoms with Crippen molar-refractivity contribution >= 4 is 23.0 Å². The molecule has 2 bridgehead atoms. The summed E-state index contributed by atoms with van der Waals surface area (Å²) in [5.74, 6) is 1.61. The van der Waals surface area contributed by atoms with Crippen molar-refractivity contribution in [3.63, 3.8) is 0 Å². The molecule has 136 valence electrons. The Morgan fingerprint density at radius 2 is 2.12 bits per heavy atom. The Bertz CT molecular complexity index is 882. The first-order valence-electron chi connectivity index (χ1n) is 9.05. The molecule has 0 radical (unpaired) electrons. The normalized spacial score (nSPS) is 23.8. The second kappa shape index (κ2) is 6.16. The molecule has 2 aliphatic heterocycles. The van der Waals surface area contributed by atoms with Crippen molar-refractivity contribution in [1.82, 2.24) is 5.32 Å². The standard InChI is InChI=1S/C21H24N2O2S/c1-5-24-18-8-6-7-15-16-12-21(4,25-19(15)18)23(20(26)22-16)17-11-13(2)9-10-14(17)3/h6-11,16H,5,12H2,1-4H3,(H,22,26)/t16-,21+/m1/s1. The second-order valence-corrected chi connectivity index (χ2v) is 7.60. The molecule has 1 saturated heterocycles. The van der Waals surface area contributed by atoms with Gasteiger partial charge in [0.25, 0.3) is 0 Å². The van der Waals surface area contributed by atoms with Crippen LogP contribution in [0.25, 0.3) is 0 Å². The minimum absolute atomic E-state index is 0.123. The molecule has 4 nitrogen and oxygen atoms in total. The minimum atomic E-state index is -0.564. The zero-order chi connectivity index (χ0) is 18.5. The third-order valence-electron chi connectivity index (χ3n) is 5.17. The summed E-state index contributed by atoms with van der Waals surface area (Å²) in [5, 5.41) is 4.21. The van der Waals surface area contributed by atoms with Crippen molar-refractivity contribution in [2.75, 3.05) is 11.5 Å². The van der Waals surface area contributed by atoms with Crippen LogP contribution in [-0.2, 0) is 0 Å². The van der Waals surface area contributed by atoms with Crippen LogP contribution >= 0.6 is 12.2 Å². The molecule has 2 aliphatic rings. The van der Waals surface area contributed by atoms with Crippen LogP contribution in [0, 0.1) is 13.8 Å². The molecular formula is C21H24N2O2S. The summed E-state index contributed by atoms with van der Waals surface area (Å²) in [6, 6.07) is 12.6. The van der Waals surface area contributed by atoms with E-state index in [0.29, 0.717) is 11.7 Å². The average molecular weight is 369 g/mol. The van der Waals surface area contributed by atoms with E-state index in [-0.39, 0.29) is 6.04 Å². The molecule has 1 N–H and O–H groups in total. The molecule has 0 unspecified atom stereocenters. The van der Waals surface area contributed by atoms with Gasteiger partial charge in [0, 0.05) is 12.0 Å². The molecule has 2 atom stereocenters. The maximum atomic E-state index is 6.58. The zero-order valence-corrected chi connectivity index (χ0v) is 16.4. The first-order valence-corrected chi connectivity index (χ1v) is 9.46. The molecule has 4 rings (SSSR count). The van der Waals surface area contributed by atoms with Gasteiger partial charge in [-0.25, -0.2) is 0 Å². The number of hydrogen-bond acceptors (Lipinski definition) is 3. The molecule has 2 aromatic carbocycles. The predicted octanol–water partition coefficient (Wildman–Crippen LogP) is 4.64. The van der Waals surface area contributed by atoms with Crippen molar-refractivity contribution in [3.8, 4) is 11.5 Å². The van der Waals surface area contributed by atoms with E-state index in [9.17, 15) is 0 Å². The van der Waals surface area contributed by atoms with Crippen LogP contribution in [0.1, 0.15) is 43.0 Å². The number of nitrogens with zero attached hydrogens (tertiary/aromatic N) is 1. The molecular weight excluding hydrogens is 344 g/mol. The van der Waals surface area contributed by atoms with Gasteiger partial charge >= 0.3 is 0 Å². The Balaban J connectivity index is 1.83. The number of hydrogen-bond donors (Lipinski definition) is 1. The first kappa shape index (κ1) is 17.2. The van der Waals surface area contributed by atoms with Crippen molar-refractivity contribution < 1.29 is 9.47 Å². The Labute approximate surface area is 160 Å². The first-order chi connectivity index (χ1) is 12.4. The van der Waals surface area contributed by atoms with E-state index < -0.39 is 5.72 Å². The van der Waals surface area contributed by atoms with Crippen LogP contribution in [0.5, 0.6) is 11.5 Å². The zero-order valence-electron chi connectivity index (χ0n) is 15.6. The smallest absolute Gasteiger partial charge is 0.188 e. The molecule has 0 aliphatic carbocycles. The number of benzene rings is 2. The quantitative estimate of drug-likeness (QED) is 0.799. The highest BCUT2D eigenvalue weighted by atomic mass is 32.1. The summed E-state index contributed by atoms with van der Waals surface area (Å²) in [5.41, 5.74) is 4.00. The second-order valence-electron chi connectivity index (χ2n) is 7.22. The van der Waals surface area contributed by atoms with Crippen LogP contribution in [0.4, 0.5) is 5.69 Å². The number of anilines is 1.